The van der Waals surface area contributed by atoms with Crippen molar-refractivity contribution in [2.75, 3.05) is 33.4 Å². The summed E-state index contributed by atoms with van der Waals surface area (Å²) in [6.45, 7) is 7.43. The summed E-state index contributed by atoms with van der Waals surface area (Å²) in [7, 11) is 1.64. The smallest absolute Gasteiger partial charge is 0.161 e. The van der Waals surface area contributed by atoms with Crippen LogP contribution in [0.4, 0.5) is 0 Å². The largest absolute Gasteiger partial charge is 0.493 e. The highest BCUT2D eigenvalue weighted by Crippen LogP contribution is 2.27. The summed E-state index contributed by atoms with van der Waals surface area (Å²) in [6, 6.07) is 5.95. The van der Waals surface area contributed by atoms with Crippen LogP contribution in [0.15, 0.2) is 18.2 Å². The molecular formula is C15H28Cl2N2O3. The van der Waals surface area contributed by atoms with Gasteiger partial charge in [-0.1, -0.05) is 6.07 Å². The van der Waals surface area contributed by atoms with Crippen molar-refractivity contribution in [2.24, 2.45) is 0 Å². The van der Waals surface area contributed by atoms with Crippen LogP contribution in [0.2, 0.25) is 0 Å². The molecule has 22 heavy (non-hydrogen) atoms. The van der Waals surface area contributed by atoms with E-state index < -0.39 is 0 Å². The van der Waals surface area contributed by atoms with Crippen LogP contribution in [0.25, 0.3) is 0 Å². The van der Waals surface area contributed by atoms with Gasteiger partial charge < -0.3 is 25.2 Å². The highest BCUT2D eigenvalue weighted by molar-refractivity contribution is 5.85. The van der Waals surface area contributed by atoms with E-state index in [1.807, 2.05) is 25.1 Å². The standard InChI is InChI=1S/C15H26N2O3.2ClH/c1-4-20-15-9-13(5-6-14(15)19-3)11-17-8-7-16-10-12(2)18;;/h5-6,9,12,16-18H,4,7-8,10-11H2,1-3H3;2*1H. The Kier molecular flexibility index (Phi) is 14.9. The summed E-state index contributed by atoms with van der Waals surface area (Å²) >= 11 is 0. The molecule has 0 aliphatic heterocycles. The monoisotopic (exact) mass is 354 g/mol. The number of halogens is 2. The first-order chi connectivity index (χ1) is 9.67. The molecule has 3 N–H and O–H groups in total. The Hall–Kier alpha value is -0.720. The number of aliphatic hydroxyl groups excluding tert-OH is 1. The Morgan fingerprint density at radius 2 is 1.82 bits per heavy atom. The molecule has 0 amide bonds. The van der Waals surface area contributed by atoms with Crippen molar-refractivity contribution in [3.05, 3.63) is 23.8 Å². The molecule has 7 heteroatoms. The van der Waals surface area contributed by atoms with Crippen LogP contribution in [0.5, 0.6) is 11.5 Å². The second-order valence-corrected chi connectivity index (χ2v) is 4.65. The van der Waals surface area contributed by atoms with Gasteiger partial charge in [0.2, 0.25) is 0 Å². The zero-order valence-corrected chi connectivity index (χ0v) is 15.1. The molecule has 0 aromatic heterocycles. The predicted molar refractivity (Wildman–Crippen MR) is 94.9 cm³/mol. The summed E-state index contributed by atoms with van der Waals surface area (Å²) in [5.41, 5.74) is 1.16. The molecule has 1 rings (SSSR count). The van der Waals surface area contributed by atoms with E-state index >= 15 is 0 Å². The number of benzene rings is 1. The Balaban J connectivity index is 0. The van der Waals surface area contributed by atoms with Crippen LogP contribution < -0.4 is 20.1 Å². The SMILES string of the molecule is CCOc1cc(CNCCNCC(C)O)ccc1OC.Cl.Cl. The summed E-state index contributed by atoms with van der Waals surface area (Å²) in [6.07, 6.45) is -0.301. The van der Waals surface area contributed by atoms with Gasteiger partial charge in [0, 0.05) is 26.2 Å². The summed E-state index contributed by atoms with van der Waals surface area (Å²) < 4.78 is 10.8. The van der Waals surface area contributed by atoms with Gasteiger partial charge in [0.1, 0.15) is 0 Å². The zero-order valence-electron chi connectivity index (χ0n) is 13.4. The van der Waals surface area contributed by atoms with Crippen LogP contribution in [0.3, 0.4) is 0 Å². The molecule has 0 spiro atoms. The predicted octanol–water partition coefficient (Wildman–Crippen LogP) is 2.00. The minimum Gasteiger partial charge on any atom is -0.493 e. The highest BCUT2D eigenvalue weighted by Gasteiger charge is 2.04. The molecule has 0 aliphatic carbocycles. The molecule has 1 atom stereocenters. The normalized spacial score (nSPS) is 11.1. The average Bonchev–Trinajstić information content (AvgIpc) is 2.43. The van der Waals surface area contributed by atoms with Crippen molar-refractivity contribution in [2.45, 2.75) is 26.5 Å². The number of hydrogen-bond acceptors (Lipinski definition) is 5. The molecule has 0 aliphatic rings. The van der Waals surface area contributed by atoms with Crippen LogP contribution in [0.1, 0.15) is 19.4 Å². The van der Waals surface area contributed by atoms with E-state index in [4.69, 9.17) is 14.6 Å². The van der Waals surface area contributed by atoms with E-state index in [1.54, 1.807) is 14.0 Å². The number of rotatable bonds is 10. The third-order valence-electron chi connectivity index (χ3n) is 2.78. The second kappa shape index (κ2) is 13.9. The summed E-state index contributed by atoms with van der Waals surface area (Å²) in [5, 5.41) is 15.6. The van der Waals surface area contributed by atoms with Gasteiger partial charge in [-0.2, -0.15) is 0 Å². The number of aliphatic hydroxyl groups is 1. The highest BCUT2D eigenvalue weighted by atomic mass is 35.5. The molecule has 1 unspecified atom stereocenters. The van der Waals surface area contributed by atoms with Gasteiger partial charge in [0.25, 0.3) is 0 Å². The second-order valence-electron chi connectivity index (χ2n) is 4.65. The molecule has 5 nitrogen and oxygen atoms in total. The molecule has 1 aromatic carbocycles. The van der Waals surface area contributed by atoms with Crippen LogP contribution in [0, 0.1) is 0 Å². The van der Waals surface area contributed by atoms with Gasteiger partial charge in [0.15, 0.2) is 11.5 Å². The fourth-order valence-electron chi connectivity index (χ4n) is 1.82. The first kappa shape index (κ1) is 23.5. The van der Waals surface area contributed by atoms with Crippen molar-refractivity contribution in [3.8, 4) is 11.5 Å². The Morgan fingerprint density at radius 1 is 1.14 bits per heavy atom. The number of nitrogens with one attached hydrogen (secondary N) is 2. The molecule has 130 valence electrons. The van der Waals surface area contributed by atoms with Crippen LogP contribution in [-0.2, 0) is 6.54 Å². The van der Waals surface area contributed by atoms with Crippen molar-refractivity contribution in [1.29, 1.82) is 0 Å². The van der Waals surface area contributed by atoms with Gasteiger partial charge in [-0.3, -0.25) is 0 Å². The lowest BCUT2D eigenvalue weighted by Crippen LogP contribution is -2.31. The summed E-state index contributed by atoms with van der Waals surface area (Å²) in [5.74, 6) is 1.54. The third kappa shape index (κ3) is 9.33. The van der Waals surface area contributed by atoms with Crippen molar-refractivity contribution < 1.29 is 14.6 Å². The molecule has 0 bridgehead atoms. The Morgan fingerprint density at radius 3 is 2.41 bits per heavy atom. The zero-order chi connectivity index (χ0) is 14.8. The summed E-state index contributed by atoms with van der Waals surface area (Å²) in [4.78, 5) is 0. The van der Waals surface area contributed by atoms with Gasteiger partial charge in [-0.15, -0.1) is 24.8 Å². The van der Waals surface area contributed by atoms with E-state index in [9.17, 15) is 0 Å². The maximum absolute atomic E-state index is 9.11. The Labute approximate surface area is 145 Å². The minimum atomic E-state index is -0.301. The van der Waals surface area contributed by atoms with E-state index in [2.05, 4.69) is 10.6 Å². The molecule has 0 saturated carbocycles. The molecule has 0 saturated heterocycles. The fraction of sp³-hybridized carbons (Fsp3) is 0.600. The third-order valence-corrected chi connectivity index (χ3v) is 2.78. The minimum absolute atomic E-state index is 0. The average molecular weight is 355 g/mol. The van der Waals surface area contributed by atoms with Gasteiger partial charge in [-0.05, 0) is 31.5 Å². The van der Waals surface area contributed by atoms with Crippen molar-refractivity contribution in [1.82, 2.24) is 10.6 Å². The lowest BCUT2D eigenvalue weighted by atomic mass is 10.2. The molecule has 0 fully saturated rings. The first-order valence-corrected chi connectivity index (χ1v) is 7.06. The van der Waals surface area contributed by atoms with E-state index in [0.717, 1.165) is 36.7 Å². The fourth-order valence-corrected chi connectivity index (χ4v) is 1.82. The topological polar surface area (TPSA) is 62.8 Å². The maximum Gasteiger partial charge on any atom is 0.161 e. The van der Waals surface area contributed by atoms with E-state index in [1.165, 1.54) is 0 Å². The number of hydrogen-bond donors (Lipinski definition) is 3. The van der Waals surface area contributed by atoms with E-state index in [-0.39, 0.29) is 30.9 Å². The van der Waals surface area contributed by atoms with Gasteiger partial charge in [0.05, 0.1) is 19.8 Å². The lowest BCUT2D eigenvalue weighted by Gasteiger charge is -2.12. The van der Waals surface area contributed by atoms with Gasteiger partial charge >= 0.3 is 0 Å². The number of ether oxygens (including phenoxy) is 2. The molecule has 1 aromatic rings. The molecule has 0 radical (unpaired) electrons. The Bertz CT molecular complexity index is 393. The van der Waals surface area contributed by atoms with E-state index in [0.29, 0.717) is 13.2 Å². The van der Waals surface area contributed by atoms with Crippen LogP contribution in [-0.4, -0.2) is 44.6 Å². The van der Waals surface area contributed by atoms with Gasteiger partial charge in [-0.25, -0.2) is 0 Å². The first-order valence-electron chi connectivity index (χ1n) is 7.06. The molecular weight excluding hydrogens is 327 g/mol. The number of methoxy groups -OCH3 is 1. The maximum atomic E-state index is 9.11. The quantitative estimate of drug-likeness (QED) is 0.561. The lowest BCUT2D eigenvalue weighted by molar-refractivity contribution is 0.191. The molecule has 0 heterocycles. The van der Waals surface area contributed by atoms with Crippen molar-refractivity contribution in [3.63, 3.8) is 0 Å². The van der Waals surface area contributed by atoms with Crippen LogP contribution >= 0.6 is 24.8 Å². The van der Waals surface area contributed by atoms with Crippen molar-refractivity contribution >= 4 is 24.8 Å².